The van der Waals surface area contributed by atoms with E-state index < -0.39 is 22.0 Å². The molecule has 8 nitrogen and oxygen atoms in total. The molecule has 0 atom stereocenters. The molecule has 1 rings (SSSR count). The molecule has 0 saturated carbocycles. The van der Waals surface area contributed by atoms with Crippen LogP contribution >= 0.6 is 0 Å². The Kier molecular flexibility index (Phi) is 8.97. The van der Waals surface area contributed by atoms with E-state index in [1.54, 1.807) is 30.3 Å². The van der Waals surface area contributed by atoms with E-state index in [-0.39, 0.29) is 17.6 Å². The van der Waals surface area contributed by atoms with E-state index in [4.69, 9.17) is 4.74 Å². The number of unbranched alkanes of at least 4 members (excludes halogenated alkanes) is 4. The molecule has 0 unspecified atom stereocenters. The number of methoxy groups -OCH3 is 1. The molecule has 0 N–H and O–H groups in total. The van der Waals surface area contributed by atoms with Gasteiger partial charge >= 0.3 is 12.1 Å². The third kappa shape index (κ3) is 5.94. The van der Waals surface area contributed by atoms with Crippen molar-refractivity contribution in [1.29, 1.82) is 0 Å². The maximum absolute atomic E-state index is 12.3. The predicted molar refractivity (Wildman–Crippen MR) is 96.5 cm³/mol. The van der Waals surface area contributed by atoms with Crippen molar-refractivity contribution in [3.63, 3.8) is 0 Å². The summed E-state index contributed by atoms with van der Waals surface area (Å²) in [5.74, 6) is -0.812. The number of nitro groups is 2. The largest absolute Gasteiger partial charge is 0.473 e. The maximum atomic E-state index is 12.3. The number of hydrogen-bond acceptors (Lipinski definition) is 6. The van der Waals surface area contributed by atoms with Crippen LogP contribution in [0.25, 0.3) is 5.57 Å². The topological polar surface area (TPSA) is 113 Å². The highest BCUT2D eigenvalue weighted by Gasteiger charge is 2.41. The average molecular weight is 364 g/mol. The van der Waals surface area contributed by atoms with Crippen LogP contribution in [0, 0.1) is 20.2 Å². The number of nitrogens with zero attached hydrogens (tertiary/aromatic N) is 2. The van der Waals surface area contributed by atoms with Crippen LogP contribution in [0.1, 0.15) is 51.0 Å². The second-order valence-corrected chi connectivity index (χ2v) is 5.87. The smallest absolute Gasteiger partial charge is 0.465 e. The van der Waals surface area contributed by atoms with Crippen molar-refractivity contribution in [2.75, 3.05) is 7.11 Å². The number of esters is 1. The second-order valence-electron chi connectivity index (χ2n) is 5.87. The van der Waals surface area contributed by atoms with Crippen LogP contribution < -0.4 is 0 Å². The number of carbonyl (C=O) groups is 1. The first-order valence-electron chi connectivity index (χ1n) is 8.57. The van der Waals surface area contributed by atoms with Crippen molar-refractivity contribution >= 4 is 11.5 Å². The van der Waals surface area contributed by atoms with Gasteiger partial charge in [0.1, 0.15) is 9.85 Å². The molecule has 0 amide bonds. The minimum absolute atomic E-state index is 0.0929. The minimum atomic E-state index is -2.17. The number of ether oxygens (including phenoxy) is 1. The Morgan fingerprint density at radius 3 is 2.12 bits per heavy atom. The van der Waals surface area contributed by atoms with Crippen LogP contribution in [0.3, 0.4) is 0 Å². The van der Waals surface area contributed by atoms with Gasteiger partial charge in [-0.1, -0.05) is 62.9 Å². The first kappa shape index (κ1) is 21.3. The van der Waals surface area contributed by atoms with Crippen molar-refractivity contribution in [2.24, 2.45) is 0 Å². The zero-order chi connectivity index (χ0) is 19.5. The highest BCUT2D eigenvalue weighted by molar-refractivity contribution is 6.17. The first-order chi connectivity index (χ1) is 12.4. The highest BCUT2D eigenvalue weighted by atomic mass is 16.7. The van der Waals surface area contributed by atoms with Gasteiger partial charge in [0, 0.05) is 0 Å². The predicted octanol–water partition coefficient (Wildman–Crippen LogP) is 3.85. The molecule has 142 valence electrons. The molecule has 0 aliphatic heterocycles. The molecule has 0 aromatic heterocycles. The summed E-state index contributed by atoms with van der Waals surface area (Å²) < 4.78 is 4.76. The zero-order valence-electron chi connectivity index (χ0n) is 15.1. The Morgan fingerprint density at radius 1 is 1.04 bits per heavy atom. The molecular formula is C18H24N2O6. The van der Waals surface area contributed by atoms with Crippen molar-refractivity contribution in [2.45, 2.75) is 51.6 Å². The summed E-state index contributed by atoms with van der Waals surface area (Å²) in [4.78, 5) is 33.1. The Bertz CT molecular complexity index is 643. The van der Waals surface area contributed by atoms with Gasteiger partial charge in [-0.15, -0.1) is 0 Å². The van der Waals surface area contributed by atoms with E-state index in [1.165, 1.54) is 0 Å². The monoisotopic (exact) mass is 364 g/mol. The average Bonchev–Trinajstić information content (AvgIpc) is 2.61. The maximum Gasteiger partial charge on any atom is 0.473 e. The van der Waals surface area contributed by atoms with Gasteiger partial charge in [-0.2, -0.15) is 0 Å². The molecule has 0 saturated heterocycles. The lowest BCUT2D eigenvalue weighted by Gasteiger charge is -2.13. The first-order valence-corrected chi connectivity index (χ1v) is 8.57. The summed E-state index contributed by atoms with van der Waals surface area (Å²) in [6.45, 7) is 2.06. The summed E-state index contributed by atoms with van der Waals surface area (Å²) in [7, 11) is 1.15. The van der Waals surface area contributed by atoms with Gasteiger partial charge in [-0.25, -0.2) is 4.79 Å². The van der Waals surface area contributed by atoms with E-state index >= 15 is 0 Å². The second kappa shape index (κ2) is 11.0. The minimum Gasteiger partial charge on any atom is -0.465 e. The number of rotatable bonds is 11. The molecule has 0 aliphatic carbocycles. The summed E-state index contributed by atoms with van der Waals surface area (Å²) in [5.41, 5.74) is 0.160. The number of carbonyl (C=O) groups excluding carboxylic acids is 1. The number of benzene rings is 1. The summed E-state index contributed by atoms with van der Waals surface area (Å²) in [5, 5.41) is 22.7. The molecule has 0 heterocycles. The van der Waals surface area contributed by atoms with E-state index in [9.17, 15) is 25.0 Å². The van der Waals surface area contributed by atoms with E-state index in [0.29, 0.717) is 12.0 Å². The van der Waals surface area contributed by atoms with Gasteiger partial charge in [0.15, 0.2) is 0 Å². The zero-order valence-corrected chi connectivity index (χ0v) is 15.1. The van der Waals surface area contributed by atoms with Gasteiger partial charge in [-0.05, 0) is 18.4 Å². The fraction of sp³-hybridized carbons (Fsp3) is 0.500. The molecule has 1 aromatic rings. The van der Waals surface area contributed by atoms with Gasteiger partial charge in [0.2, 0.25) is 0 Å². The third-order valence-corrected chi connectivity index (χ3v) is 4.03. The Balaban J connectivity index is 3.38. The normalized spacial score (nSPS) is 11.8. The standard InChI is InChI=1S/C18H24N2O6/c1-3-4-5-6-10-13-15(17(19(22)23)20(24)25)16(18(21)26-2)14-11-8-7-9-12-14/h7-9,11-12,17H,3-6,10,13H2,1-2H3. The molecule has 0 fully saturated rings. The van der Waals surface area contributed by atoms with Crippen LogP contribution in [0.5, 0.6) is 0 Å². The fourth-order valence-electron chi connectivity index (χ4n) is 2.77. The summed E-state index contributed by atoms with van der Waals surface area (Å²) >= 11 is 0. The lowest BCUT2D eigenvalue weighted by molar-refractivity contribution is -0.730. The fourth-order valence-corrected chi connectivity index (χ4v) is 2.77. The van der Waals surface area contributed by atoms with Crippen molar-refractivity contribution in [1.82, 2.24) is 0 Å². The molecule has 26 heavy (non-hydrogen) atoms. The number of hydrogen-bond donors (Lipinski definition) is 0. The van der Waals surface area contributed by atoms with Gasteiger partial charge < -0.3 is 4.74 Å². The molecule has 0 spiro atoms. The lowest BCUT2D eigenvalue weighted by atomic mass is 9.93. The third-order valence-electron chi connectivity index (χ3n) is 4.03. The molecule has 0 aliphatic rings. The van der Waals surface area contributed by atoms with Crippen LogP contribution in [-0.4, -0.2) is 29.1 Å². The van der Waals surface area contributed by atoms with Gasteiger partial charge in [-0.3, -0.25) is 20.2 Å². The van der Waals surface area contributed by atoms with Crippen LogP contribution in [0.4, 0.5) is 0 Å². The van der Waals surface area contributed by atoms with Crippen LogP contribution in [0.15, 0.2) is 35.9 Å². The Labute approximate surface area is 152 Å². The summed E-state index contributed by atoms with van der Waals surface area (Å²) in [6.07, 6.45) is 2.22. The molecule has 0 bridgehead atoms. The summed E-state index contributed by atoms with van der Waals surface area (Å²) in [6, 6.07) is 8.21. The molecular weight excluding hydrogens is 340 g/mol. The van der Waals surface area contributed by atoms with Gasteiger partial charge in [0.25, 0.3) is 0 Å². The Hall–Kier alpha value is -2.77. The van der Waals surface area contributed by atoms with Crippen molar-refractivity contribution in [3.8, 4) is 0 Å². The van der Waals surface area contributed by atoms with Gasteiger partial charge in [0.05, 0.1) is 18.3 Å². The SMILES string of the molecule is CCCCCCCC(=C(C(=O)OC)c1ccccc1)C([N+](=O)[O-])[N+](=O)[O-]. The van der Waals surface area contributed by atoms with E-state index in [2.05, 4.69) is 6.92 Å². The van der Waals surface area contributed by atoms with Crippen molar-refractivity contribution in [3.05, 3.63) is 61.7 Å². The quantitative estimate of drug-likeness (QED) is 0.147. The Morgan fingerprint density at radius 2 is 1.62 bits per heavy atom. The highest BCUT2D eigenvalue weighted by Crippen LogP contribution is 2.28. The molecule has 8 heteroatoms. The van der Waals surface area contributed by atoms with E-state index in [0.717, 1.165) is 32.8 Å². The lowest BCUT2D eigenvalue weighted by Crippen LogP contribution is -2.32. The van der Waals surface area contributed by atoms with Crippen LogP contribution in [0.2, 0.25) is 0 Å². The van der Waals surface area contributed by atoms with Crippen LogP contribution in [-0.2, 0) is 9.53 Å². The molecule has 0 radical (unpaired) electrons. The van der Waals surface area contributed by atoms with E-state index in [1.807, 2.05) is 0 Å². The van der Waals surface area contributed by atoms with Crippen molar-refractivity contribution < 1.29 is 19.4 Å². The molecule has 1 aromatic carbocycles.